The Morgan fingerprint density at radius 1 is 1.32 bits per heavy atom. The van der Waals surface area contributed by atoms with E-state index in [1.165, 1.54) is 12.4 Å². The highest BCUT2D eigenvalue weighted by atomic mass is 35.5. The molecule has 2 amide bonds. The first-order valence-corrected chi connectivity index (χ1v) is 8.23. The van der Waals surface area contributed by atoms with Gasteiger partial charge >= 0.3 is 6.03 Å². The van der Waals surface area contributed by atoms with Gasteiger partial charge in [-0.15, -0.1) is 0 Å². The predicted molar refractivity (Wildman–Crippen MR) is 92.4 cm³/mol. The number of carbonyl (C=O) groups excluding carboxylic acids is 1. The van der Waals surface area contributed by atoms with Crippen molar-refractivity contribution in [1.82, 2.24) is 14.9 Å². The number of likely N-dealkylation sites (tertiary alicyclic amines) is 1. The van der Waals surface area contributed by atoms with Crippen LogP contribution in [0, 0.1) is 11.3 Å². The Bertz CT molecular complexity index is 790. The van der Waals surface area contributed by atoms with Crippen LogP contribution in [0.2, 0.25) is 5.02 Å². The number of nitrogens with one attached hydrogen (secondary N) is 1. The summed E-state index contributed by atoms with van der Waals surface area (Å²) in [6.45, 7) is 1.06. The van der Waals surface area contributed by atoms with Crippen LogP contribution in [0.5, 0.6) is 5.88 Å². The fourth-order valence-corrected chi connectivity index (χ4v) is 2.73. The SMILES string of the molecule is N#Cc1nccnc1OC1CCCN(C(=O)Nc2ccc(Cl)cc2)C1. The number of rotatable bonds is 3. The van der Waals surface area contributed by atoms with Crippen LogP contribution in [0.4, 0.5) is 10.5 Å². The molecule has 1 unspecified atom stereocenters. The Labute approximate surface area is 150 Å². The molecule has 1 aliphatic rings. The van der Waals surface area contributed by atoms with Gasteiger partial charge in [0.25, 0.3) is 5.88 Å². The third-order valence-corrected chi connectivity index (χ3v) is 4.06. The number of benzene rings is 1. The van der Waals surface area contributed by atoms with Crippen LogP contribution in [-0.4, -0.2) is 40.1 Å². The van der Waals surface area contributed by atoms with Crippen molar-refractivity contribution >= 4 is 23.3 Å². The first-order valence-electron chi connectivity index (χ1n) is 7.85. The lowest BCUT2D eigenvalue weighted by Crippen LogP contribution is -2.46. The number of amides is 2. The molecular weight excluding hydrogens is 342 g/mol. The summed E-state index contributed by atoms with van der Waals surface area (Å²) >= 11 is 5.84. The van der Waals surface area contributed by atoms with Crippen LogP contribution in [-0.2, 0) is 0 Å². The van der Waals surface area contributed by atoms with E-state index in [2.05, 4.69) is 15.3 Å². The molecule has 2 aromatic rings. The lowest BCUT2D eigenvalue weighted by molar-refractivity contribution is 0.102. The molecule has 0 bridgehead atoms. The van der Waals surface area contributed by atoms with E-state index in [9.17, 15) is 4.79 Å². The molecule has 1 aromatic carbocycles. The maximum Gasteiger partial charge on any atom is 0.321 e. The molecule has 8 heteroatoms. The normalized spacial score (nSPS) is 16.8. The zero-order valence-electron chi connectivity index (χ0n) is 13.4. The monoisotopic (exact) mass is 357 g/mol. The number of piperidine rings is 1. The van der Waals surface area contributed by atoms with Gasteiger partial charge in [-0.1, -0.05) is 11.6 Å². The third-order valence-electron chi connectivity index (χ3n) is 3.81. The molecule has 1 aliphatic heterocycles. The van der Waals surface area contributed by atoms with Crippen molar-refractivity contribution in [3.8, 4) is 11.9 Å². The maximum atomic E-state index is 12.4. The van der Waals surface area contributed by atoms with Gasteiger partial charge in [0.05, 0.1) is 6.54 Å². The zero-order valence-corrected chi connectivity index (χ0v) is 14.1. The molecule has 3 rings (SSSR count). The van der Waals surface area contributed by atoms with Crippen molar-refractivity contribution in [2.24, 2.45) is 0 Å². The van der Waals surface area contributed by atoms with Crippen molar-refractivity contribution in [3.63, 3.8) is 0 Å². The summed E-state index contributed by atoms with van der Waals surface area (Å²) in [5, 5.41) is 12.5. The van der Waals surface area contributed by atoms with E-state index in [1.54, 1.807) is 29.2 Å². The minimum Gasteiger partial charge on any atom is -0.470 e. The molecule has 1 atom stereocenters. The molecule has 25 heavy (non-hydrogen) atoms. The summed E-state index contributed by atoms with van der Waals surface area (Å²) < 4.78 is 5.79. The van der Waals surface area contributed by atoms with E-state index < -0.39 is 0 Å². The molecule has 0 saturated carbocycles. The molecule has 0 radical (unpaired) electrons. The molecule has 1 saturated heterocycles. The summed E-state index contributed by atoms with van der Waals surface area (Å²) in [5.74, 6) is 0.204. The van der Waals surface area contributed by atoms with Gasteiger partial charge in [-0.2, -0.15) is 5.26 Å². The Morgan fingerprint density at radius 3 is 2.84 bits per heavy atom. The first kappa shape index (κ1) is 17.0. The molecule has 1 fully saturated rings. The van der Waals surface area contributed by atoms with E-state index in [4.69, 9.17) is 21.6 Å². The number of nitrogens with zero attached hydrogens (tertiary/aromatic N) is 4. The first-order chi connectivity index (χ1) is 12.2. The van der Waals surface area contributed by atoms with Crippen LogP contribution >= 0.6 is 11.6 Å². The number of halogens is 1. The second-order valence-electron chi connectivity index (χ2n) is 5.59. The van der Waals surface area contributed by atoms with Crippen LogP contribution in [0.15, 0.2) is 36.7 Å². The second-order valence-corrected chi connectivity index (χ2v) is 6.02. The molecule has 128 valence electrons. The topological polar surface area (TPSA) is 91.1 Å². The third kappa shape index (κ3) is 4.37. The van der Waals surface area contributed by atoms with Gasteiger partial charge in [0, 0.05) is 29.6 Å². The smallest absolute Gasteiger partial charge is 0.321 e. The number of aromatic nitrogens is 2. The minimum absolute atomic E-state index is 0.144. The van der Waals surface area contributed by atoms with Crippen molar-refractivity contribution < 1.29 is 9.53 Å². The Balaban J connectivity index is 1.61. The highest BCUT2D eigenvalue weighted by molar-refractivity contribution is 6.30. The number of anilines is 1. The lowest BCUT2D eigenvalue weighted by atomic mass is 10.1. The fraction of sp³-hybridized carbons (Fsp3) is 0.294. The van der Waals surface area contributed by atoms with Gasteiger partial charge in [0.1, 0.15) is 12.2 Å². The van der Waals surface area contributed by atoms with Crippen LogP contribution in [0.25, 0.3) is 0 Å². The number of carbonyl (C=O) groups is 1. The number of hydrogen-bond donors (Lipinski definition) is 1. The van der Waals surface area contributed by atoms with Gasteiger partial charge in [-0.25, -0.2) is 14.8 Å². The molecular formula is C17H16ClN5O2. The molecule has 0 aliphatic carbocycles. The molecule has 0 spiro atoms. The van der Waals surface area contributed by atoms with Gasteiger partial charge in [0.15, 0.2) is 0 Å². The highest BCUT2D eigenvalue weighted by Gasteiger charge is 2.26. The average Bonchev–Trinajstić information content (AvgIpc) is 2.64. The van der Waals surface area contributed by atoms with Crippen LogP contribution in [0.3, 0.4) is 0 Å². The van der Waals surface area contributed by atoms with E-state index in [1.807, 2.05) is 6.07 Å². The summed E-state index contributed by atoms with van der Waals surface area (Å²) in [4.78, 5) is 22.1. The molecule has 1 N–H and O–H groups in total. The van der Waals surface area contributed by atoms with Crippen molar-refractivity contribution in [1.29, 1.82) is 5.26 Å². The Kier molecular flexibility index (Phi) is 5.31. The lowest BCUT2D eigenvalue weighted by Gasteiger charge is -2.32. The van der Waals surface area contributed by atoms with E-state index in [0.29, 0.717) is 23.8 Å². The summed E-state index contributed by atoms with van der Waals surface area (Å²) in [6.07, 6.45) is 4.28. The number of hydrogen-bond acceptors (Lipinski definition) is 5. The highest BCUT2D eigenvalue weighted by Crippen LogP contribution is 2.20. The van der Waals surface area contributed by atoms with Crippen LogP contribution < -0.4 is 10.1 Å². The van der Waals surface area contributed by atoms with Crippen molar-refractivity contribution in [3.05, 3.63) is 47.4 Å². The number of ether oxygens (including phenoxy) is 1. The quantitative estimate of drug-likeness (QED) is 0.911. The predicted octanol–water partition coefficient (Wildman–Crippen LogP) is 3.08. The van der Waals surface area contributed by atoms with E-state index in [-0.39, 0.29) is 23.7 Å². The van der Waals surface area contributed by atoms with E-state index >= 15 is 0 Å². The van der Waals surface area contributed by atoms with Gasteiger partial charge in [-0.3, -0.25) is 0 Å². The standard InChI is InChI=1S/C17H16ClN5O2/c18-12-3-5-13(6-4-12)22-17(24)23-9-1-2-14(11-23)25-16-15(10-19)20-7-8-21-16/h3-8,14H,1-2,9,11H2,(H,22,24). The second kappa shape index (κ2) is 7.81. The summed E-state index contributed by atoms with van der Waals surface area (Å²) in [6, 6.07) is 8.69. The molecule has 1 aromatic heterocycles. The number of urea groups is 1. The molecule has 2 heterocycles. The largest absolute Gasteiger partial charge is 0.470 e. The zero-order chi connectivity index (χ0) is 17.6. The maximum absolute atomic E-state index is 12.4. The minimum atomic E-state index is -0.228. The fourth-order valence-electron chi connectivity index (χ4n) is 2.60. The number of nitriles is 1. The Morgan fingerprint density at radius 2 is 2.08 bits per heavy atom. The van der Waals surface area contributed by atoms with Gasteiger partial charge < -0.3 is 15.0 Å². The Hall–Kier alpha value is -2.85. The molecule has 7 nitrogen and oxygen atoms in total. The van der Waals surface area contributed by atoms with Gasteiger partial charge in [-0.05, 0) is 37.1 Å². The van der Waals surface area contributed by atoms with Gasteiger partial charge in [0.2, 0.25) is 5.69 Å². The van der Waals surface area contributed by atoms with E-state index in [0.717, 1.165) is 12.8 Å². The van der Waals surface area contributed by atoms with Crippen LogP contribution in [0.1, 0.15) is 18.5 Å². The van der Waals surface area contributed by atoms with Crippen molar-refractivity contribution in [2.75, 3.05) is 18.4 Å². The van der Waals surface area contributed by atoms with Crippen molar-refractivity contribution in [2.45, 2.75) is 18.9 Å². The summed E-state index contributed by atoms with van der Waals surface area (Å²) in [5.41, 5.74) is 0.823. The average molecular weight is 358 g/mol. The summed E-state index contributed by atoms with van der Waals surface area (Å²) in [7, 11) is 0.